The molecular formula is C22H21FN6O2. The molecule has 0 aliphatic rings. The molecule has 0 spiro atoms. The lowest BCUT2D eigenvalue weighted by atomic mass is 10.1. The number of benzene rings is 1. The second-order valence-electron chi connectivity index (χ2n) is 7.05. The number of aliphatic hydroxyl groups excluding tert-OH is 1. The number of hydrogen-bond acceptors (Lipinski definition) is 6. The van der Waals surface area contributed by atoms with Crippen molar-refractivity contribution in [3.05, 3.63) is 71.2 Å². The highest BCUT2D eigenvalue weighted by atomic mass is 19.1. The van der Waals surface area contributed by atoms with E-state index in [4.69, 9.17) is 9.85 Å². The molecule has 0 bridgehead atoms. The average molecular weight is 423 g/mol. The Labute approximate surface area is 181 Å². The van der Waals surface area contributed by atoms with Crippen LogP contribution in [0.5, 0.6) is 0 Å². The molecule has 0 unspecified atom stereocenters. The summed E-state index contributed by atoms with van der Waals surface area (Å²) in [5.41, 5.74) is 8.29. The van der Waals surface area contributed by atoms with Gasteiger partial charge in [-0.25, -0.2) is 19.3 Å². The van der Waals surface area contributed by atoms with Crippen LogP contribution >= 0.6 is 0 Å². The number of carbonyl (C=O) groups is 1. The van der Waals surface area contributed by atoms with E-state index in [0.29, 0.717) is 28.2 Å². The molecule has 4 rings (SSSR count). The van der Waals surface area contributed by atoms with Crippen molar-refractivity contribution in [3.8, 4) is 11.3 Å². The van der Waals surface area contributed by atoms with Gasteiger partial charge >= 0.3 is 0 Å². The normalized spacial score (nSPS) is 14.0. The van der Waals surface area contributed by atoms with Crippen LogP contribution in [-0.2, 0) is 4.79 Å². The van der Waals surface area contributed by atoms with Gasteiger partial charge in [-0.1, -0.05) is 12.1 Å². The van der Waals surface area contributed by atoms with Gasteiger partial charge in [0.05, 0.1) is 5.69 Å². The van der Waals surface area contributed by atoms with Crippen molar-refractivity contribution in [1.82, 2.24) is 19.4 Å². The van der Waals surface area contributed by atoms with Gasteiger partial charge in [-0.05, 0) is 50.5 Å². The van der Waals surface area contributed by atoms with Gasteiger partial charge in [0.25, 0.3) is 5.91 Å². The summed E-state index contributed by atoms with van der Waals surface area (Å²) in [6, 6.07) is 8.19. The Kier molecular flexibility index (Phi) is 4.23. The quantitative estimate of drug-likeness (QED) is 0.464. The largest absolute Gasteiger partial charge is 0.382 e. The SMILES string of the molecule is [2H]C([2H])([2H])c1nc(-c2ccc(NC(=O)[C@H](O)c3cccc(F)c3)nc2C)c2c(N)nc(C)cn12. The molecule has 31 heavy (non-hydrogen) atoms. The molecule has 9 heteroatoms. The molecule has 0 aliphatic carbocycles. The fraction of sp³-hybridized carbons (Fsp3) is 0.182. The number of rotatable bonds is 4. The lowest BCUT2D eigenvalue weighted by molar-refractivity contribution is -0.124. The van der Waals surface area contributed by atoms with E-state index in [1.165, 1.54) is 28.7 Å². The fourth-order valence-electron chi connectivity index (χ4n) is 3.35. The van der Waals surface area contributed by atoms with Gasteiger partial charge in [-0.15, -0.1) is 0 Å². The van der Waals surface area contributed by atoms with Gasteiger partial charge in [-0.2, -0.15) is 0 Å². The number of anilines is 2. The summed E-state index contributed by atoms with van der Waals surface area (Å²) >= 11 is 0. The van der Waals surface area contributed by atoms with Crippen LogP contribution in [0.15, 0.2) is 42.6 Å². The number of imidazole rings is 1. The van der Waals surface area contributed by atoms with E-state index in [1.54, 1.807) is 26.1 Å². The smallest absolute Gasteiger partial charge is 0.258 e. The number of aromatic nitrogens is 4. The minimum atomic E-state index is -2.50. The number of nitrogens with zero attached hydrogens (tertiary/aromatic N) is 4. The zero-order valence-electron chi connectivity index (χ0n) is 19.7. The van der Waals surface area contributed by atoms with Gasteiger partial charge < -0.3 is 16.2 Å². The molecule has 4 N–H and O–H groups in total. The molecular weight excluding hydrogens is 399 g/mol. The molecule has 0 radical (unpaired) electrons. The number of pyridine rings is 1. The van der Waals surface area contributed by atoms with E-state index in [9.17, 15) is 14.3 Å². The molecule has 3 heterocycles. The Hall–Kier alpha value is -3.85. The van der Waals surface area contributed by atoms with E-state index in [2.05, 4.69) is 20.3 Å². The van der Waals surface area contributed by atoms with E-state index < -0.39 is 24.7 Å². The molecule has 0 saturated heterocycles. The number of aryl methyl sites for hydroxylation is 3. The maximum atomic E-state index is 13.4. The van der Waals surface area contributed by atoms with Crippen LogP contribution in [0.3, 0.4) is 0 Å². The summed E-state index contributed by atoms with van der Waals surface area (Å²) in [5.74, 6) is -1.26. The number of nitrogen functional groups attached to an aromatic ring is 1. The van der Waals surface area contributed by atoms with Crippen LogP contribution in [0, 0.1) is 26.5 Å². The molecule has 1 atom stereocenters. The standard InChI is InChI=1S/C22H21FN6O2/c1-11-10-29-13(3)27-18(19(29)21(24)25-11)16-7-8-17(26-12(16)2)28-22(31)20(30)14-5-4-6-15(23)9-14/h4-10,20,30H,1-3H3,(H2,24,25)(H,26,28,31)/t20-/m1/s1/i3D3. The van der Waals surface area contributed by atoms with Crippen LogP contribution in [0.4, 0.5) is 16.0 Å². The summed E-state index contributed by atoms with van der Waals surface area (Å²) in [6.07, 6.45) is -0.0415. The molecule has 4 aromatic rings. The van der Waals surface area contributed by atoms with Crippen molar-refractivity contribution in [3.63, 3.8) is 0 Å². The van der Waals surface area contributed by atoms with Crippen molar-refractivity contribution in [2.45, 2.75) is 26.8 Å². The van der Waals surface area contributed by atoms with E-state index in [0.717, 1.165) is 6.07 Å². The van der Waals surface area contributed by atoms with Gasteiger partial charge in [-0.3, -0.25) is 9.20 Å². The molecule has 158 valence electrons. The molecule has 8 nitrogen and oxygen atoms in total. The van der Waals surface area contributed by atoms with Crippen molar-refractivity contribution in [1.29, 1.82) is 0 Å². The van der Waals surface area contributed by atoms with Crippen molar-refractivity contribution in [2.24, 2.45) is 0 Å². The second-order valence-corrected chi connectivity index (χ2v) is 7.05. The molecule has 1 amide bonds. The predicted molar refractivity (Wildman–Crippen MR) is 115 cm³/mol. The Morgan fingerprint density at radius 1 is 1.26 bits per heavy atom. The molecule has 3 aromatic heterocycles. The third-order valence-electron chi connectivity index (χ3n) is 4.77. The maximum Gasteiger partial charge on any atom is 0.258 e. The zero-order chi connectivity index (χ0) is 24.8. The fourth-order valence-corrected chi connectivity index (χ4v) is 3.35. The third kappa shape index (κ3) is 3.82. The Morgan fingerprint density at radius 2 is 2.06 bits per heavy atom. The predicted octanol–water partition coefficient (Wildman–Crippen LogP) is 3.11. The highest BCUT2D eigenvalue weighted by Crippen LogP contribution is 2.30. The minimum Gasteiger partial charge on any atom is -0.382 e. The van der Waals surface area contributed by atoms with Crippen LogP contribution < -0.4 is 11.1 Å². The first kappa shape index (κ1) is 16.9. The number of fused-ring (bicyclic) bond motifs is 1. The first-order chi connectivity index (χ1) is 16.0. The number of carbonyl (C=O) groups excluding carboxylic acids is 1. The second kappa shape index (κ2) is 7.77. The van der Waals surface area contributed by atoms with Crippen molar-refractivity contribution < 1.29 is 18.4 Å². The Bertz CT molecular complexity index is 1420. The minimum absolute atomic E-state index is 0.103. The summed E-state index contributed by atoms with van der Waals surface area (Å²) in [4.78, 5) is 25.3. The van der Waals surface area contributed by atoms with Crippen LogP contribution in [0.2, 0.25) is 0 Å². The first-order valence-corrected chi connectivity index (χ1v) is 9.34. The lowest BCUT2D eigenvalue weighted by Gasteiger charge is -2.12. The van der Waals surface area contributed by atoms with Gasteiger partial charge in [0.15, 0.2) is 6.10 Å². The van der Waals surface area contributed by atoms with Crippen LogP contribution in [0.1, 0.15) is 33.0 Å². The monoisotopic (exact) mass is 423 g/mol. The summed E-state index contributed by atoms with van der Waals surface area (Å²) in [5, 5.41) is 12.7. The molecule has 0 aliphatic heterocycles. The summed E-state index contributed by atoms with van der Waals surface area (Å²) in [6.45, 7) is 0.858. The number of nitrogens with two attached hydrogens (primary N) is 1. The number of aliphatic hydroxyl groups is 1. The highest BCUT2D eigenvalue weighted by Gasteiger charge is 2.20. The topological polar surface area (TPSA) is 118 Å². The lowest BCUT2D eigenvalue weighted by Crippen LogP contribution is -2.21. The van der Waals surface area contributed by atoms with Crippen LogP contribution in [0.25, 0.3) is 16.8 Å². The zero-order valence-corrected chi connectivity index (χ0v) is 16.7. The molecule has 0 fully saturated rings. The summed E-state index contributed by atoms with van der Waals surface area (Å²) < 4.78 is 38.3. The number of hydrogen-bond donors (Lipinski definition) is 3. The van der Waals surface area contributed by atoms with Crippen molar-refractivity contribution >= 4 is 23.1 Å². The van der Waals surface area contributed by atoms with E-state index >= 15 is 0 Å². The van der Waals surface area contributed by atoms with E-state index in [-0.39, 0.29) is 23.0 Å². The Balaban J connectivity index is 1.70. The molecule has 1 aromatic carbocycles. The number of halogens is 1. The van der Waals surface area contributed by atoms with Gasteiger partial charge in [0.1, 0.15) is 34.5 Å². The summed E-state index contributed by atoms with van der Waals surface area (Å²) in [7, 11) is 0. The maximum absolute atomic E-state index is 13.4. The van der Waals surface area contributed by atoms with Gasteiger partial charge in [0, 0.05) is 21.6 Å². The van der Waals surface area contributed by atoms with E-state index in [1.807, 2.05) is 0 Å². The number of amides is 1. The average Bonchev–Trinajstić information content (AvgIpc) is 3.13. The first-order valence-electron chi connectivity index (χ1n) is 10.8. The van der Waals surface area contributed by atoms with Gasteiger partial charge in [0.2, 0.25) is 0 Å². The third-order valence-corrected chi connectivity index (χ3v) is 4.77. The van der Waals surface area contributed by atoms with Crippen molar-refractivity contribution in [2.75, 3.05) is 11.1 Å². The highest BCUT2D eigenvalue weighted by molar-refractivity contribution is 5.94. The number of nitrogens with one attached hydrogen (secondary N) is 1. The molecule has 0 saturated carbocycles. The Morgan fingerprint density at radius 3 is 2.77 bits per heavy atom. The van der Waals surface area contributed by atoms with Crippen LogP contribution in [-0.4, -0.2) is 30.4 Å².